The molecular formula is C14H22N4O3. The molecule has 116 valence electrons. The highest BCUT2D eigenvalue weighted by Gasteiger charge is 2.42. The zero-order valence-electron chi connectivity index (χ0n) is 12.5. The van der Waals surface area contributed by atoms with Crippen molar-refractivity contribution in [2.24, 2.45) is 12.5 Å². The minimum atomic E-state index is -0.811. The van der Waals surface area contributed by atoms with Gasteiger partial charge in [-0.15, -0.1) is 0 Å². The molecule has 2 N–H and O–H groups in total. The molecule has 1 atom stereocenters. The maximum absolute atomic E-state index is 12.3. The van der Waals surface area contributed by atoms with E-state index >= 15 is 0 Å². The smallest absolute Gasteiger partial charge is 0.323 e. The molecule has 1 aromatic rings. The maximum Gasteiger partial charge on any atom is 0.323 e. The van der Waals surface area contributed by atoms with Gasteiger partial charge < -0.3 is 10.0 Å². The SMILES string of the molecule is CCCC1(C(=O)O)CCCN(C(=O)Nc2ccn(C)n2)C1. The highest BCUT2D eigenvalue weighted by molar-refractivity contribution is 5.89. The summed E-state index contributed by atoms with van der Waals surface area (Å²) in [5.41, 5.74) is -0.811. The monoisotopic (exact) mass is 294 g/mol. The van der Waals surface area contributed by atoms with E-state index in [1.807, 2.05) is 6.92 Å². The van der Waals surface area contributed by atoms with Gasteiger partial charge in [-0.3, -0.25) is 14.8 Å². The highest BCUT2D eigenvalue weighted by atomic mass is 16.4. The van der Waals surface area contributed by atoms with Crippen LogP contribution in [0.2, 0.25) is 0 Å². The van der Waals surface area contributed by atoms with Crippen LogP contribution in [-0.4, -0.2) is 44.9 Å². The van der Waals surface area contributed by atoms with Gasteiger partial charge in [0.25, 0.3) is 0 Å². The molecule has 21 heavy (non-hydrogen) atoms. The lowest BCUT2D eigenvalue weighted by molar-refractivity contribution is -0.152. The number of nitrogens with zero attached hydrogens (tertiary/aromatic N) is 3. The van der Waals surface area contributed by atoms with Crippen LogP contribution in [0.1, 0.15) is 32.6 Å². The van der Waals surface area contributed by atoms with E-state index in [1.54, 1.807) is 28.9 Å². The van der Waals surface area contributed by atoms with E-state index < -0.39 is 11.4 Å². The number of anilines is 1. The number of rotatable bonds is 4. The number of urea groups is 1. The van der Waals surface area contributed by atoms with Gasteiger partial charge in [0.1, 0.15) is 0 Å². The second kappa shape index (κ2) is 6.15. The van der Waals surface area contributed by atoms with Crippen LogP contribution in [0.15, 0.2) is 12.3 Å². The number of amides is 2. The number of nitrogens with one attached hydrogen (secondary N) is 1. The zero-order valence-corrected chi connectivity index (χ0v) is 12.5. The lowest BCUT2D eigenvalue weighted by atomic mass is 9.76. The third kappa shape index (κ3) is 3.34. The van der Waals surface area contributed by atoms with E-state index in [1.165, 1.54) is 0 Å². The molecule has 0 saturated carbocycles. The van der Waals surface area contributed by atoms with Crippen molar-refractivity contribution < 1.29 is 14.7 Å². The maximum atomic E-state index is 12.3. The third-order valence-corrected chi connectivity index (χ3v) is 3.99. The number of aryl methyl sites for hydroxylation is 1. The number of carboxylic acids is 1. The Labute approximate surface area is 123 Å². The van der Waals surface area contributed by atoms with Gasteiger partial charge in [0.2, 0.25) is 0 Å². The van der Waals surface area contributed by atoms with Gasteiger partial charge in [0.05, 0.1) is 5.41 Å². The topological polar surface area (TPSA) is 87.5 Å². The Balaban J connectivity index is 2.05. The zero-order chi connectivity index (χ0) is 15.5. The molecule has 7 heteroatoms. The van der Waals surface area contributed by atoms with Gasteiger partial charge in [-0.25, -0.2) is 4.79 Å². The number of hydrogen-bond acceptors (Lipinski definition) is 3. The van der Waals surface area contributed by atoms with E-state index in [0.29, 0.717) is 31.6 Å². The number of carbonyl (C=O) groups is 2. The van der Waals surface area contributed by atoms with Gasteiger partial charge in [0, 0.05) is 32.4 Å². The van der Waals surface area contributed by atoms with Crippen molar-refractivity contribution in [1.29, 1.82) is 0 Å². The quantitative estimate of drug-likeness (QED) is 0.888. The summed E-state index contributed by atoms with van der Waals surface area (Å²) in [4.78, 5) is 25.5. The van der Waals surface area contributed by atoms with Crippen molar-refractivity contribution >= 4 is 17.8 Å². The first-order chi connectivity index (χ1) is 9.97. The summed E-state index contributed by atoms with van der Waals surface area (Å²) in [5.74, 6) is -0.329. The summed E-state index contributed by atoms with van der Waals surface area (Å²) in [5, 5.41) is 16.3. The number of likely N-dealkylation sites (tertiary alicyclic amines) is 1. The molecule has 7 nitrogen and oxygen atoms in total. The molecule has 0 aliphatic carbocycles. The number of piperidine rings is 1. The minimum absolute atomic E-state index is 0.259. The van der Waals surface area contributed by atoms with Crippen molar-refractivity contribution in [2.75, 3.05) is 18.4 Å². The van der Waals surface area contributed by atoms with E-state index in [2.05, 4.69) is 10.4 Å². The first-order valence-corrected chi connectivity index (χ1v) is 7.26. The first kappa shape index (κ1) is 15.3. The summed E-state index contributed by atoms with van der Waals surface area (Å²) >= 11 is 0. The Kier molecular flexibility index (Phi) is 4.50. The van der Waals surface area contributed by atoms with Crippen molar-refractivity contribution in [3.05, 3.63) is 12.3 Å². The van der Waals surface area contributed by atoms with Crippen molar-refractivity contribution in [3.8, 4) is 0 Å². The van der Waals surface area contributed by atoms with Gasteiger partial charge in [-0.1, -0.05) is 13.3 Å². The molecule has 0 aromatic carbocycles. The van der Waals surface area contributed by atoms with Crippen molar-refractivity contribution in [2.45, 2.75) is 32.6 Å². The number of hydrogen-bond donors (Lipinski definition) is 2. The Morgan fingerprint density at radius 2 is 2.29 bits per heavy atom. The van der Waals surface area contributed by atoms with Gasteiger partial charge in [-0.05, 0) is 19.3 Å². The van der Waals surface area contributed by atoms with Crippen LogP contribution in [0.25, 0.3) is 0 Å². The largest absolute Gasteiger partial charge is 0.481 e. The Hall–Kier alpha value is -2.05. The fourth-order valence-electron chi connectivity index (χ4n) is 2.94. The van der Waals surface area contributed by atoms with Gasteiger partial charge >= 0.3 is 12.0 Å². The second-order valence-electron chi connectivity index (χ2n) is 5.67. The van der Waals surface area contributed by atoms with Crippen LogP contribution < -0.4 is 5.32 Å². The predicted molar refractivity (Wildman–Crippen MR) is 78.0 cm³/mol. The molecule has 0 radical (unpaired) electrons. The number of aliphatic carboxylic acids is 1. The number of carbonyl (C=O) groups excluding carboxylic acids is 1. The third-order valence-electron chi connectivity index (χ3n) is 3.99. The van der Waals surface area contributed by atoms with Crippen LogP contribution in [0.5, 0.6) is 0 Å². The fourth-order valence-corrected chi connectivity index (χ4v) is 2.94. The van der Waals surface area contributed by atoms with Crippen molar-refractivity contribution in [1.82, 2.24) is 14.7 Å². The summed E-state index contributed by atoms with van der Waals surface area (Å²) in [6, 6.07) is 1.42. The normalized spacial score (nSPS) is 22.1. The summed E-state index contributed by atoms with van der Waals surface area (Å²) < 4.78 is 1.60. The van der Waals surface area contributed by atoms with E-state index in [0.717, 1.165) is 6.42 Å². The number of carboxylic acid groups (broad SMARTS) is 1. The summed E-state index contributed by atoms with van der Waals surface area (Å²) in [7, 11) is 1.77. The Morgan fingerprint density at radius 1 is 1.52 bits per heavy atom. The summed E-state index contributed by atoms with van der Waals surface area (Å²) in [6.45, 7) is 2.81. The van der Waals surface area contributed by atoms with Gasteiger partial charge in [-0.2, -0.15) is 5.10 Å². The molecular weight excluding hydrogens is 272 g/mol. The Bertz CT molecular complexity index is 524. The molecule has 1 unspecified atom stereocenters. The van der Waals surface area contributed by atoms with Gasteiger partial charge in [0.15, 0.2) is 5.82 Å². The van der Waals surface area contributed by atoms with Crippen LogP contribution in [0.3, 0.4) is 0 Å². The average molecular weight is 294 g/mol. The molecule has 2 rings (SSSR count). The van der Waals surface area contributed by atoms with Crippen LogP contribution in [-0.2, 0) is 11.8 Å². The molecule has 1 saturated heterocycles. The second-order valence-corrected chi connectivity index (χ2v) is 5.67. The molecule has 1 fully saturated rings. The molecule has 1 aromatic heterocycles. The van der Waals surface area contributed by atoms with Crippen LogP contribution in [0.4, 0.5) is 10.6 Å². The molecule has 1 aliphatic rings. The number of aromatic nitrogens is 2. The summed E-state index contributed by atoms with van der Waals surface area (Å²) in [6.07, 6.45) is 4.47. The lowest BCUT2D eigenvalue weighted by Gasteiger charge is -2.39. The van der Waals surface area contributed by atoms with Crippen LogP contribution >= 0.6 is 0 Å². The minimum Gasteiger partial charge on any atom is -0.481 e. The lowest BCUT2D eigenvalue weighted by Crippen LogP contribution is -2.51. The molecule has 2 amide bonds. The highest BCUT2D eigenvalue weighted by Crippen LogP contribution is 2.35. The average Bonchev–Trinajstić information content (AvgIpc) is 2.84. The predicted octanol–water partition coefficient (Wildman–Crippen LogP) is 1.92. The van der Waals surface area contributed by atoms with E-state index in [4.69, 9.17) is 0 Å². The molecule has 0 bridgehead atoms. The van der Waals surface area contributed by atoms with Crippen LogP contribution in [0, 0.1) is 5.41 Å². The molecule has 1 aliphatic heterocycles. The molecule has 2 heterocycles. The van der Waals surface area contributed by atoms with Crippen molar-refractivity contribution in [3.63, 3.8) is 0 Å². The fraction of sp³-hybridized carbons (Fsp3) is 0.643. The van der Waals surface area contributed by atoms with E-state index in [9.17, 15) is 14.7 Å². The first-order valence-electron chi connectivity index (χ1n) is 7.26. The van der Waals surface area contributed by atoms with E-state index in [-0.39, 0.29) is 12.6 Å². The Morgan fingerprint density at radius 3 is 2.86 bits per heavy atom. The standard InChI is InChI=1S/C14H22N4O3/c1-3-6-14(12(19)20)7-4-8-18(10-14)13(21)15-11-5-9-17(2)16-11/h5,9H,3-4,6-8,10H2,1-2H3,(H,19,20)(H,15,16,21). The molecule has 0 spiro atoms.